The second-order valence-electron chi connectivity index (χ2n) is 1.17. The molecule has 0 amide bonds. The van der Waals surface area contributed by atoms with Crippen molar-refractivity contribution < 1.29 is 9.18 Å². The summed E-state index contributed by atoms with van der Waals surface area (Å²) >= 11 is 0. The molecule has 0 aromatic carbocycles. The maximum absolute atomic E-state index is 11.1. The molecule has 0 aromatic heterocycles. The Morgan fingerprint density at radius 1 is 1.86 bits per heavy atom. The van der Waals surface area contributed by atoms with Gasteiger partial charge in [0.05, 0.1) is 0 Å². The summed E-state index contributed by atoms with van der Waals surface area (Å²) in [6, 6.07) is 0. The van der Waals surface area contributed by atoms with Crippen LogP contribution < -0.4 is 0 Å². The first-order valence-electron chi connectivity index (χ1n) is 2.00. The number of hydrogen-bond donors (Lipinski definition) is 0. The lowest BCUT2D eigenvalue weighted by Crippen LogP contribution is -1.78. The van der Waals surface area contributed by atoms with E-state index in [1.54, 1.807) is 0 Å². The number of carbonyl (C=O) groups excluding carboxylic acids is 1. The highest BCUT2D eigenvalue weighted by Crippen LogP contribution is 1.74. The quantitative estimate of drug-likeness (QED) is 0.477. The monoisotopic (exact) mass is 102 g/mol. The summed E-state index contributed by atoms with van der Waals surface area (Å²) in [7, 11) is 0. The summed E-state index contributed by atoms with van der Waals surface area (Å²) in [6.45, 7) is 0.825. The van der Waals surface area contributed by atoms with Crippen LogP contribution in [0.3, 0.4) is 0 Å². The smallest absolute Gasteiger partial charge is 0.152 e. The van der Waals surface area contributed by atoms with Crippen molar-refractivity contribution in [2.45, 2.75) is 6.92 Å². The predicted octanol–water partition coefficient (Wildman–Crippen LogP) is 1.10. The van der Waals surface area contributed by atoms with Crippen molar-refractivity contribution in [3.05, 3.63) is 12.2 Å². The van der Waals surface area contributed by atoms with E-state index >= 15 is 0 Å². The average Bonchev–Trinajstić information content (AvgIpc) is 1.61. The molecule has 0 atom stereocenters. The molecule has 0 rings (SSSR count). The Kier molecular flexibility index (Phi) is 3.19. The molecule has 1 nitrogen and oxygen atoms in total. The molecule has 7 heavy (non-hydrogen) atoms. The Hall–Kier alpha value is -0.660. The van der Waals surface area contributed by atoms with Gasteiger partial charge in [-0.2, -0.15) is 0 Å². The highest BCUT2D eigenvalue weighted by Gasteiger charge is 1.76. The van der Waals surface area contributed by atoms with Gasteiger partial charge in [0, 0.05) is 0 Å². The van der Waals surface area contributed by atoms with Crippen molar-refractivity contribution in [1.82, 2.24) is 0 Å². The summed E-state index contributed by atoms with van der Waals surface area (Å²) in [5.74, 6) is -0.113. The van der Waals surface area contributed by atoms with Gasteiger partial charge in [0.1, 0.15) is 6.67 Å². The number of ketones is 1. The number of rotatable bonds is 2. The molecule has 0 spiro atoms. The van der Waals surface area contributed by atoms with Gasteiger partial charge >= 0.3 is 0 Å². The molecule has 0 unspecified atom stereocenters. The van der Waals surface area contributed by atoms with Gasteiger partial charge < -0.3 is 0 Å². The second-order valence-corrected chi connectivity index (χ2v) is 1.17. The molecule has 0 aromatic rings. The van der Waals surface area contributed by atoms with E-state index in [0.29, 0.717) is 0 Å². The molecule has 0 N–H and O–H groups in total. The Bertz CT molecular complexity index is 86.1. The van der Waals surface area contributed by atoms with Crippen LogP contribution in [-0.2, 0) is 4.79 Å². The van der Waals surface area contributed by atoms with E-state index in [1.807, 2.05) is 0 Å². The fourth-order valence-corrected chi connectivity index (χ4v) is 0.211. The molecule has 0 aliphatic carbocycles. The third-order valence-electron chi connectivity index (χ3n) is 0.442. The van der Waals surface area contributed by atoms with Crippen LogP contribution in [0.15, 0.2) is 12.2 Å². The largest absolute Gasteiger partial charge is 0.295 e. The van der Waals surface area contributed by atoms with E-state index in [2.05, 4.69) is 0 Å². The first-order valence-corrected chi connectivity index (χ1v) is 2.00. The van der Waals surface area contributed by atoms with Crippen molar-refractivity contribution in [3.8, 4) is 0 Å². The standard InChI is InChI=1S/C5H7FO/c1-5(7)3-2-4-6/h2-3H,4H2,1H3/b3-2-. The molecular formula is C5H7FO. The molecule has 2 heteroatoms. The van der Waals surface area contributed by atoms with Crippen molar-refractivity contribution in [2.75, 3.05) is 6.67 Å². The molecule has 0 saturated carbocycles. The van der Waals surface area contributed by atoms with E-state index in [4.69, 9.17) is 0 Å². The normalized spacial score (nSPS) is 10.0. The third kappa shape index (κ3) is 5.34. The van der Waals surface area contributed by atoms with Crippen molar-refractivity contribution in [1.29, 1.82) is 0 Å². The van der Waals surface area contributed by atoms with Crippen LogP contribution in [0.4, 0.5) is 4.39 Å². The lowest BCUT2D eigenvalue weighted by Gasteiger charge is -1.72. The molecule has 0 bridgehead atoms. The van der Waals surface area contributed by atoms with Crippen LogP contribution in [-0.4, -0.2) is 12.5 Å². The van der Waals surface area contributed by atoms with Gasteiger partial charge in [0.2, 0.25) is 0 Å². The van der Waals surface area contributed by atoms with Crippen LogP contribution in [0.25, 0.3) is 0 Å². The summed E-state index contributed by atoms with van der Waals surface area (Å²) in [4.78, 5) is 9.95. The molecule has 0 heterocycles. The Morgan fingerprint density at radius 3 is 2.57 bits per heavy atom. The summed E-state index contributed by atoms with van der Waals surface area (Å²) in [6.07, 6.45) is 2.39. The molecule has 40 valence electrons. The van der Waals surface area contributed by atoms with Gasteiger partial charge in [-0.05, 0) is 13.0 Å². The lowest BCUT2D eigenvalue weighted by molar-refractivity contribution is -0.112. The van der Waals surface area contributed by atoms with Crippen LogP contribution >= 0.6 is 0 Å². The van der Waals surface area contributed by atoms with E-state index < -0.39 is 6.67 Å². The highest BCUT2D eigenvalue weighted by atomic mass is 19.1. The molecule has 0 radical (unpaired) electrons. The van der Waals surface area contributed by atoms with Gasteiger partial charge in [-0.1, -0.05) is 6.08 Å². The van der Waals surface area contributed by atoms with Crippen molar-refractivity contribution in [2.24, 2.45) is 0 Å². The van der Waals surface area contributed by atoms with Gasteiger partial charge in [-0.25, -0.2) is 4.39 Å². The molecule has 0 fully saturated rings. The second kappa shape index (κ2) is 3.53. The van der Waals surface area contributed by atoms with E-state index in [0.717, 1.165) is 0 Å². The zero-order chi connectivity index (χ0) is 5.70. The van der Waals surface area contributed by atoms with Crippen LogP contribution in [0.1, 0.15) is 6.92 Å². The SMILES string of the molecule is CC(=O)/C=C\CF. The van der Waals surface area contributed by atoms with Gasteiger partial charge in [0.15, 0.2) is 5.78 Å². The van der Waals surface area contributed by atoms with Crippen molar-refractivity contribution >= 4 is 5.78 Å². The minimum atomic E-state index is -0.556. The maximum Gasteiger partial charge on any atom is 0.152 e. The fourth-order valence-electron chi connectivity index (χ4n) is 0.211. The maximum atomic E-state index is 11.1. The van der Waals surface area contributed by atoms with E-state index in [-0.39, 0.29) is 5.78 Å². The van der Waals surface area contributed by atoms with Gasteiger partial charge in [-0.3, -0.25) is 4.79 Å². The first-order chi connectivity index (χ1) is 3.27. The minimum Gasteiger partial charge on any atom is -0.295 e. The zero-order valence-electron chi connectivity index (χ0n) is 4.15. The van der Waals surface area contributed by atoms with E-state index in [9.17, 15) is 9.18 Å². The molecular weight excluding hydrogens is 95.1 g/mol. The Labute approximate surface area is 41.8 Å². The van der Waals surface area contributed by atoms with Crippen LogP contribution in [0.2, 0.25) is 0 Å². The summed E-state index contributed by atoms with van der Waals surface area (Å²) in [5, 5.41) is 0. The minimum absolute atomic E-state index is 0.113. The lowest BCUT2D eigenvalue weighted by atomic mass is 10.4. The zero-order valence-corrected chi connectivity index (χ0v) is 4.15. The summed E-state index contributed by atoms with van der Waals surface area (Å²) < 4.78 is 11.1. The molecule has 0 aliphatic rings. The number of halogens is 1. The number of carbonyl (C=O) groups is 1. The van der Waals surface area contributed by atoms with E-state index in [1.165, 1.54) is 19.1 Å². The topological polar surface area (TPSA) is 17.1 Å². The molecule has 0 aliphatic heterocycles. The van der Waals surface area contributed by atoms with Crippen LogP contribution in [0, 0.1) is 0 Å². The number of hydrogen-bond acceptors (Lipinski definition) is 1. The van der Waals surface area contributed by atoms with Crippen molar-refractivity contribution in [3.63, 3.8) is 0 Å². The van der Waals surface area contributed by atoms with Gasteiger partial charge in [0.25, 0.3) is 0 Å². The average molecular weight is 102 g/mol. The Morgan fingerprint density at radius 2 is 2.43 bits per heavy atom. The molecule has 0 saturated heterocycles. The fraction of sp³-hybridized carbons (Fsp3) is 0.400. The first kappa shape index (κ1) is 6.34. The van der Waals surface area contributed by atoms with Crippen LogP contribution in [0.5, 0.6) is 0 Å². The summed E-state index contributed by atoms with van der Waals surface area (Å²) in [5.41, 5.74) is 0. The highest BCUT2D eigenvalue weighted by molar-refractivity contribution is 5.87. The Balaban J connectivity index is 3.26. The number of alkyl halides is 1. The predicted molar refractivity (Wildman–Crippen MR) is 25.8 cm³/mol. The number of allylic oxidation sites excluding steroid dienone is 2. The van der Waals surface area contributed by atoms with Gasteiger partial charge in [-0.15, -0.1) is 0 Å². The third-order valence-corrected chi connectivity index (χ3v) is 0.442.